The van der Waals surface area contributed by atoms with Gasteiger partial charge >= 0.3 is 5.97 Å². The quantitative estimate of drug-likeness (QED) is 0.825. The number of benzene rings is 1. The minimum absolute atomic E-state index is 0.0594. The highest BCUT2D eigenvalue weighted by atomic mass is 16.4. The Hall–Kier alpha value is -1.39. The van der Waals surface area contributed by atoms with Crippen LogP contribution in [0.15, 0.2) is 30.3 Å². The largest absolute Gasteiger partial charge is 0.480 e. The molecule has 1 aliphatic rings. The highest BCUT2D eigenvalue weighted by Crippen LogP contribution is 2.13. The van der Waals surface area contributed by atoms with Gasteiger partial charge in [-0.25, -0.2) is 0 Å². The van der Waals surface area contributed by atoms with Gasteiger partial charge in [0.15, 0.2) is 0 Å². The molecular formula is C14H20N2O2. The summed E-state index contributed by atoms with van der Waals surface area (Å²) in [6, 6.07) is 10.7. The molecule has 98 valence electrons. The molecule has 4 heteroatoms. The van der Waals surface area contributed by atoms with Crippen molar-refractivity contribution in [2.75, 3.05) is 19.6 Å². The summed E-state index contributed by atoms with van der Waals surface area (Å²) in [5.41, 5.74) is 1.32. The first-order valence-corrected chi connectivity index (χ1v) is 6.45. The van der Waals surface area contributed by atoms with E-state index in [1.165, 1.54) is 5.56 Å². The zero-order valence-electron chi connectivity index (χ0n) is 10.5. The third-order valence-electron chi connectivity index (χ3n) is 3.30. The third-order valence-corrected chi connectivity index (χ3v) is 3.30. The van der Waals surface area contributed by atoms with Crippen molar-refractivity contribution in [2.24, 2.45) is 0 Å². The van der Waals surface area contributed by atoms with E-state index in [9.17, 15) is 4.79 Å². The minimum atomic E-state index is -0.782. The van der Waals surface area contributed by atoms with Crippen molar-refractivity contribution < 1.29 is 9.90 Å². The maximum absolute atomic E-state index is 10.5. The fourth-order valence-corrected chi connectivity index (χ4v) is 2.44. The topological polar surface area (TPSA) is 52.6 Å². The van der Waals surface area contributed by atoms with Crippen LogP contribution in [0.1, 0.15) is 18.4 Å². The summed E-state index contributed by atoms with van der Waals surface area (Å²) in [7, 11) is 0. The maximum Gasteiger partial charge on any atom is 0.317 e. The van der Waals surface area contributed by atoms with E-state index < -0.39 is 5.97 Å². The maximum atomic E-state index is 10.5. The summed E-state index contributed by atoms with van der Waals surface area (Å²) in [4.78, 5) is 12.9. The van der Waals surface area contributed by atoms with Gasteiger partial charge in [0, 0.05) is 19.1 Å². The molecule has 0 bridgehead atoms. The Kier molecular flexibility index (Phi) is 4.73. The standard InChI is InChI=1S/C14H20N2O2/c17-14(18)9-15-13-7-4-8-16(11-13)10-12-5-2-1-3-6-12/h1-3,5-6,13,15H,4,7-11H2,(H,17,18). The fourth-order valence-electron chi connectivity index (χ4n) is 2.44. The van der Waals surface area contributed by atoms with Crippen molar-refractivity contribution in [3.8, 4) is 0 Å². The molecule has 2 N–H and O–H groups in total. The lowest BCUT2D eigenvalue weighted by Gasteiger charge is -2.33. The Bertz CT molecular complexity index is 381. The van der Waals surface area contributed by atoms with E-state index in [0.717, 1.165) is 32.5 Å². The average Bonchev–Trinajstić information content (AvgIpc) is 2.38. The summed E-state index contributed by atoms with van der Waals surface area (Å²) in [6.07, 6.45) is 2.20. The lowest BCUT2D eigenvalue weighted by Crippen LogP contribution is -2.46. The molecule has 1 heterocycles. The summed E-state index contributed by atoms with van der Waals surface area (Å²) < 4.78 is 0. The average molecular weight is 248 g/mol. The number of carboxylic acids is 1. The predicted octanol–water partition coefficient (Wildman–Crippen LogP) is 1.33. The Balaban J connectivity index is 1.81. The number of hydrogen-bond acceptors (Lipinski definition) is 3. The number of aliphatic carboxylic acids is 1. The van der Waals surface area contributed by atoms with Crippen LogP contribution in [0, 0.1) is 0 Å². The monoisotopic (exact) mass is 248 g/mol. The van der Waals surface area contributed by atoms with Crippen LogP contribution in [0.5, 0.6) is 0 Å². The molecule has 1 atom stereocenters. The number of rotatable bonds is 5. The minimum Gasteiger partial charge on any atom is -0.480 e. The van der Waals surface area contributed by atoms with E-state index in [1.54, 1.807) is 0 Å². The van der Waals surface area contributed by atoms with Crippen LogP contribution in [0.3, 0.4) is 0 Å². The van der Waals surface area contributed by atoms with E-state index in [2.05, 4.69) is 34.5 Å². The number of piperidine rings is 1. The van der Waals surface area contributed by atoms with Crippen LogP contribution in [0.4, 0.5) is 0 Å². The summed E-state index contributed by atoms with van der Waals surface area (Å²) in [5, 5.41) is 11.8. The molecule has 0 saturated carbocycles. The molecular weight excluding hydrogens is 228 g/mol. The summed E-state index contributed by atoms with van der Waals surface area (Å²) in [6.45, 7) is 3.04. The predicted molar refractivity (Wildman–Crippen MR) is 70.4 cm³/mol. The van der Waals surface area contributed by atoms with Crippen LogP contribution < -0.4 is 5.32 Å². The molecule has 0 amide bonds. The third kappa shape index (κ3) is 4.13. The first-order valence-electron chi connectivity index (χ1n) is 6.45. The molecule has 0 aromatic heterocycles. The first kappa shape index (κ1) is 13.1. The van der Waals surface area contributed by atoms with Gasteiger partial charge in [0.1, 0.15) is 0 Å². The molecule has 1 unspecified atom stereocenters. The van der Waals surface area contributed by atoms with E-state index in [4.69, 9.17) is 5.11 Å². The molecule has 1 aromatic carbocycles. The number of nitrogens with zero attached hydrogens (tertiary/aromatic N) is 1. The van der Waals surface area contributed by atoms with Gasteiger partial charge in [0.25, 0.3) is 0 Å². The number of nitrogens with one attached hydrogen (secondary N) is 1. The Morgan fingerprint density at radius 3 is 2.89 bits per heavy atom. The van der Waals surface area contributed by atoms with Crippen molar-refractivity contribution >= 4 is 5.97 Å². The lowest BCUT2D eigenvalue weighted by atomic mass is 10.0. The SMILES string of the molecule is O=C(O)CNC1CCCN(Cc2ccccc2)C1. The van der Waals surface area contributed by atoms with Crippen LogP contribution in [-0.4, -0.2) is 41.7 Å². The lowest BCUT2D eigenvalue weighted by molar-refractivity contribution is -0.136. The first-order chi connectivity index (χ1) is 8.74. The Morgan fingerprint density at radius 2 is 2.17 bits per heavy atom. The van der Waals surface area contributed by atoms with Crippen molar-refractivity contribution in [3.05, 3.63) is 35.9 Å². The van der Waals surface area contributed by atoms with Crippen molar-refractivity contribution in [1.82, 2.24) is 10.2 Å². The molecule has 0 radical (unpaired) electrons. The van der Waals surface area contributed by atoms with Gasteiger partial charge in [-0.3, -0.25) is 9.69 Å². The molecule has 0 aliphatic carbocycles. The number of hydrogen-bond donors (Lipinski definition) is 2. The zero-order valence-corrected chi connectivity index (χ0v) is 10.5. The molecule has 2 rings (SSSR count). The molecule has 1 aliphatic heterocycles. The highest BCUT2D eigenvalue weighted by molar-refractivity contribution is 5.69. The zero-order chi connectivity index (χ0) is 12.8. The van der Waals surface area contributed by atoms with E-state index in [-0.39, 0.29) is 6.54 Å². The molecule has 1 fully saturated rings. The fraction of sp³-hybridized carbons (Fsp3) is 0.500. The van der Waals surface area contributed by atoms with Crippen molar-refractivity contribution in [2.45, 2.75) is 25.4 Å². The normalized spacial score (nSPS) is 20.8. The van der Waals surface area contributed by atoms with Crippen LogP contribution in [-0.2, 0) is 11.3 Å². The van der Waals surface area contributed by atoms with Crippen molar-refractivity contribution in [1.29, 1.82) is 0 Å². The second-order valence-corrected chi connectivity index (χ2v) is 4.83. The van der Waals surface area contributed by atoms with E-state index >= 15 is 0 Å². The van der Waals surface area contributed by atoms with Gasteiger partial charge in [-0.2, -0.15) is 0 Å². The van der Waals surface area contributed by atoms with E-state index in [0.29, 0.717) is 6.04 Å². The van der Waals surface area contributed by atoms with Gasteiger partial charge in [0.2, 0.25) is 0 Å². The number of carbonyl (C=O) groups is 1. The molecule has 18 heavy (non-hydrogen) atoms. The second-order valence-electron chi connectivity index (χ2n) is 4.83. The highest BCUT2D eigenvalue weighted by Gasteiger charge is 2.19. The van der Waals surface area contributed by atoms with Gasteiger partial charge in [-0.05, 0) is 24.9 Å². The molecule has 4 nitrogen and oxygen atoms in total. The van der Waals surface area contributed by atoms with Gasteiger partial charge in [0.05, 0.1) is 6.54 Å². The Labute approximate surface area is 108 Å². The second kappa shape index (κ2) is 6.52. The van der Waals surface area contributed by atoms with E-state index in [1.807, 2.05) is 6.07 Å². The molecule has 1 aromatic rings. The van der Waals surface area contributed by atoms with Gasteiger partial charge in [-0.1, -0.05) is 30.3 Å². The molecule has 0 spiro atoms. The van der Waals surface area contributed by atoms with Crippen molar-refractivity contribution in [3.63, 3.8) is 0 Å². The smallest absolute Gasteiger partial charge is 0.317 e. The number of carboxylic acid groups (broad SMARTS) is 1. The van der Waals surface area contributed by atoms with Crippen LogP contribution in [0.25, 0.3) is 0 Å². The van der Waals surface area contributed by atoms with Crippen LogP contribution >= 0.6 is 0 Å². The molecule has 1 saturated heterocycles. The van der Waals surface area contributed by atoms with Crippen LogP contribution in [0.2, 0.25) is 0 Å². The van der Waals surface area contributed by atoms with Gasteiger partial charge in [-0.15, -0.1) is 0 Å². The Morgan fingerprint density at radius 1 is 1.39 bits per heavy atom. The summed E-state index contributed by atoms with van der Waals surface area (Å²) >= 11 is 0. The summed E-state index contributed by atoms with van der Waals surface area (Å²) in [5.74, 6) is -0.782. The van der Waals surface area contributed by atoms with Gasteiger partial charge < -0.3 is 10.4 Å². The number of likely N-dealkylation sites (tertiary alicyclic amines) is 1.